The minimum atomic E-state index is -1.03. The topological polar surface area (TPSA) is 69.6 Å². The van der Waals surface area contributed by atoms with Gasteiger partial charge >= 0.3 is 5.97 Å². The zero-order valence-corrected chi connectivity index (χ0v) is 9.05. The van der Waals surface area contributed by atoms with Gasteiger partial charge in [0.25, 0.3) is 0 Å². The van der Waals surface area contributed by atoms with E-state index in [0.717, 1.165) is 11.6 Å². The number of carboxylic acid groups (broad SMARTS) is 1. The highest BCUT2D eigenvalue weighted by Crippen LogP contribution is 2.19. The average molecular weight is 221 g/mol. The molecule has 0 aliphatic rings. The Morgan fingerprint density at radius 3 is 2.56 bits per heavy atom. The molecule has 1 aromatic carbocycles. The van der Waals surface area contributed by atoms with Gasteiger partial charge in [-0.3, -0.25) is 0 Å². The summed E-state index contributed by atoms with van der Waals surface area (Å²) in [5, 5.41) is 20.7. The van der Waals surface area contributed by atoms with Gasteiger partial charge in [-0.25, -0.2) is 4.79 Å². The predicted molar refractivity (Wildman–Crippen MR) is 60.8 cm³/mol. The summed E-state index contributed by atoms with van der Waals surface area (Å²) in [5.41, 5.74) is 0.222. The van der Waals surface area contributed by atoms with Crippen molar-refractivity contribution in [3.63, 3.8) is 0 Å². The number of hydrogen-bond acceptors (Lipinski definition) is 3. The van der Waals surface area contributed by atoms with Crippen LogP contribution in [0.4, 0.5) is 0 Å². The molecule has 0 aliphatic carbocycles. The lowest BCUT2D eigenvalue weighted by Gasteiger charge is -2.28. The molecule has 16 heavy (non-hydrogen) atoms. The average Bonchev–Trinajstić information content (AvgIpc) is 2.29. The second-order valence-electron chi connectivity index (χ2n) is 3.67. The molecule has 0 fully saturated rings. The Labute approximate surface area is 94.2 Å². The summed E-state index contributed by atoms with van der Waals surface area (Å²) in [6, 6.07) is 9.36. The van der Waals surface area contributed by atoms with Crippen molar-refractivity contribution < 1.29 is 15.0 Å². The fourth-order valence-corrected chi connectivity index (χ4v) is 1.32. The molecule has 1 rings (SSSR count). The van der Waals surface area contributed by atoms with E-state index in [2.05, 4.69) is 5.32 Å². The summed E-state index contributed by atoms with van der Waals surface area (Å²) in [5.74, 6) is -1.03. The summed E-state index contributed by atoms with van der Waals surface area (Å²) in [6.07, 6.45) is 2.32. The molecule has 0 amide bonds. The highest BCUT2D eigenvalue weighted by molar-refractivity contribution is 5.79. The second kappa shape index (κ2) is 5.32. The first kappa shape index (κ1) is 12.3. The van der Waals surface area contributed by atoms with Crippen LogP contribution in [0.2, 0.25) is 0 Å². The molecule has 0 aliphatic heterocycles. The molecule has 3 N–H and O–H groups in total. The maximum Gasteiger partial charge on any atom is 0.329 e. The molecule has 0 spiro atoms. The predicted octanol–water partition coefficient (Wildman–Crippen LogP) is 1.08. The first-order chi connectivity index (χ1) is 7.58. The van der Waals surface area contributed by atoms with Gasteiger partial charge in [-0.1, -0.05) is 30.3 Å². The van der Waals surface area contributed by atoms with Crippen LogP contribution in [0.3, 0.4) is 0 Å². The van der Waals surface area contributed by atoms with Crippen LogP contribution >= 0.6 is 0 Å². The van der Waals surface area contributed by atoms with E-state index < -0.39 is 11.5 Å². The smallest absolute Gasteiger partial charge is 0.329 e. The highest BCUT2D eigenvalue weighted by Gasteiger charge is 2.23. The number of carbonyl (C=O) groups is 1. The van der Waals surface area contributed by atoms with Crippen LogP contribution in [0.15, 0.2) is 42.6 Å². The Morgan fingerprint density at radius 1 is 1.44 bits per heavy atom. The zero-order chi connectivity index (χ0) is 12.0. The minimum Gasteiger partial charge on any atom is -0.478 e. The van der Waals surface area contributed by atoms with Crippen molar-refractivity contribution in [1.29, 1.82) is 0 Å². The molecule has 4 heteroatoms. The standard InChI is InChI=1S/C12H15NO3/c1-12(9-14,13-8-7-11(15)16)10-5-3-2-4-6-10/h2-8,13-14H,9H2,1H3,(H,15,16)/b8-7+. The number of hydrogen-bond donors (Lipinski definition) is 3. The number of rotatable bonds is 5. The van der Waals surface area contributed by atoms with E-state index in [1.54, 1.807) is 6.92 Å². The van der Waals surface area contributed by atoms with Crippen molar-refractivity contribution in [2.75, 3.05) is 6.61 Å². The molecule has 86 valence electrons. The van der Waals surface area contributed by atoms with E-state index in [1.165, 1.54) is 6.20 Å². The van der Waals surface area contributed by atoms with Crippen LogP contribution in [-0.2, 0) is 10.3 Å². The highest BCUT2D eigenvalue weighted by atomic mass is 16.4. The van der Waals surface area contributed by atoms with Crippen molar-refractivity contribution in [2.45, 2.75) is 12.5 Å². The molecule has 0 saturated heterocycles. The number of nitrogens with one attached hydrogen (secondary N) is 1. The number of aliphatic hydroxyl groups is 1. The molecule has 0 saturated carbocycles. The van der Waals surface area contributed by atoms with Crippen LogP contribution in [0.5, 0.6) is 0 Å². The third-order valence-corrected chi connectivity index (χ3v) is 2.35. The summed E-state index contributed by atoms with van der Waals surface area (Å²) in [6.45, 7) is 1.68. The summed E-state index contributed by atoms with van der Waals surface area (Å²) >= 11 is 0. The van der Waals surface area contributed by atoms with Crippen molar-refractivity contribution in [3.05, 3.63) is 48.2 Å². The Hall–Kier alpha value is -1.81. The van der Waals surface area contributed by atoms with Gasteiger partial charge in [0, 0.05) is 12.3 Å². The summed E-state index contributed by atoms with van der Waals surface area (Å²) in [7, 11) is 0. The van der Waals surface area contributed by atoms with Gasteiger partial charge in [-0.15, -0.1) is 0 Å². The Kier molecular flexibility index (Phi) is 4.08. The molecule has 4 nitrogen and oxygen atoms in total. The van der Waals surface area contributed by atoms with Gasteiger partial charge in [-0.2, -0.15) is 0 Å². The number of carboxylic acids is 1. The molecular weight excluding hydrogens is 206 g/mol. The van der Waals surface area contributed by atoms with Crippen molar-refractivity contribution in [2.24, 2.45) is 0 Å². The van der Waals surface area contributed by atoms with Crippen LogP contribution in [0.1, 0.15) is 12.5 Å². The Bertz CT molecular complexity index is 375. The van der Waals surface area contributed by atoms with Crippen LogP contribution < -0.4 is 5.32 Å². The normalized spacial score (nSPS) is 14.6. The third kappa shape index (κ3) is 3.10. The maximum absolute atomic E-state index is 10.3. The maximum atomic E-state index is 10.3. The van der Waals surface area contributed by atoms with Gasteiger partial charge in [0.05, 0.1) is 12.1 Å². The lowest BCUT2D eigenvalue weighted by atomic mass is 9.93. The summed E-state index contributed by atoms with van der Waals surface area (Å²) < 4.78 is 0. The molecule has 0 bridgehead atoms. The van der Waals surface area contributed by atoms with E-state index in [4.69, 9.17) is 5.11 Å². The zero-order valence-electron chi connectivity index (χ0n) is 9.05. The molecule has 0 radical (unpaired) electrons. The Morgan fingerprint density at radius 2 is 2.06 bits per heavy atom. The molecule has 1 aromatic rings. The van der Waals surface area contributed by atoms with E-state index >= 15 is 0 Å². The second-order valence-corrected chi connectivity index (χ2v) is 3.67. The number of aliphatic hydroxyl groups excluding tert-OH is 1. The molecule has 0 aromatic heterocycles. The largest absolute Gasteiger partial charge is 0.478 e. The molecular formula is C12H15NO3. The Balaban J connectivity index is 2.82. The van der Waals surface area contributed by atoms with Gasteiger partial charge in [0.2, 0.25) is 0 Å². The first-order valence-corrected chi connectivity index (χ1v) is 4.92. The van der Waals surface area contributed by atoms with Crippen molar-refractivity contribution >= 4 is 5.97 Å². The lowest BCUT2D eigenvalue weighted by molar-refractivity contribution is -0.131. The lowest BCUT2D eigenvalue weighted by Crippen LogP contribution is -2.39. The van der Waals surface area contributed by atoms with E-state index in [-0.39, 0.29) is 6.61 Å². The van der Waals surface area contributed by atoms with Gasteiger partial charge in [0.1, 0.15) is 0 Å². The van der Waals surface area contributed by atoms with E-state index in [1.807, 2.05) is 30.3 Å². The van der Waals surface area contributed by atoms with Crippen molar-refractivity contribution in [1.82, 2.24) is 5.32 Å². The third-order valence-electron chi connectivity index (χ3n) is 2.35. The van der Waals surface area contributed by atoms with Crippen LogP contribution in [0, 0.1) is 0 Å². The van der Waals surface area contributed by atoms with Crippen molar-refractivity contribution in [3.8, 4) is 0 Å². The van der Waals surface area contributed by atoms with Crippen LogP contribution in [0.25, 0.3) is 0 Å². The summed E-state index contributed by atoms with van der Waals surface area (Å²) in [4.78, 5) is 10.3. The number of aliphatic carboxylic acids is 1. The van der Waals surface area contributed by atoms with Gasteiger partial charge < -0.3 is 15.5 Å². The fraction of sp³-hybridized carbons (Fsp3) is 0.250. The molecule has 1 unspecified atom stereocenters. The molecule has 0 heterocycles. The fourth-order valence-electron chi connectivity index (χ4n) is 1.32. The van der Waals surface area contributed by atoms with Gasteiger partial charge in [0.15, 0.2) is 0 Å². The monoisotopic (exact) mass is 221 g/mol. The van der Waals surface area contributed by atoms with Crippen LogP contribution in [-0.4, -0.2) is 22.8 Å². The first-order valence-electron chi connectivity index (χ1n) is 4.92. The SMILES string of the molecule is CC(CO)(N/C=C/C(=O)O)c1ccccc1. The minimum absolute atomic E-state index is 0.124. The van der Waals surface area contributed by atoms with Gasteiger partial charge in [-0.05, 0) is 12.5 Å². The van der Waals surface area contributed by atoms with E-state index in [0.29, 0.717) is 0 Å². The quantitative estimate of drug-likeness (QED) is 0.651. The number of benzene rings is 1. The molecule has 1 atom stereocenters. The van der Waals surface area contributed by atoms with E-state index in [9.17, 15) is 9.90 Å².